The van der Waals surface area contributed by atoms with E-state index in [4.69, 9.17) is 9.57 Å². The van der Waals surface area contributed by atoms with Crippen molar-refractivity contribution in [3.63, 3.8) is 0 Å². The van der Waals surface area contributed by atoms with Crippen LogP contribution in [-0.2, 0) is 19.2 Å². The van der Waals surface area contributed by atoms with Crippen LogP contribution in [0.25, 0.3) is 0 Å². The minimum Gasteiger partial charge on any atom is -0.462 e. The van der Waals surface area contributed by atoms with E-state index in [0.717, 1.165) is 6.08 Å². The van der Waals surface area contributed by atoms with Gasteiger partial charge in [-0.3, -0.25) is 4.79 Å². The van der Waals surface area contributed by atoms with Gasteiger partial charge in [-0.05, 0) is 6.42 Å². The van der Waals surface area contributed by atoms with Gasteiger partial charge in [0, 0.05) is 26.6 Å². The second-order valence-electron chi connectivity index (χ2n) is 2.66. The molecule has 0 saturated carbocycles. The summed E-state index contributed by atoms with van der Waals surface area (Å²) < 4.78 is 4.72. The van der Waals surface area contributed by atoms with Crippen molar-refractivity contribution in [2.75, 3.05) is 20.2 Å². The molecule has 0 aromatic carbocycles. The van der Waals surface area contributed by atoms with Crippen molar-refractivity contribution in [2.24, 2.45) is 0 Å². The molecule has 0 unspecified atom stereocenters. The number of rotatable bonds is 6. The van der Waals surface area contributed by atoms with Crippen LogP contribution in [0, 0.1) is 0 Å². The number of nitrogens with zero attached hydrogens (tertiary/aromatic N) is 1. The number of hydrogen-bond acceptors (Lipinski definition) is 5. The van der Waals surface area contributed by atoms with Crippen LogP contribution in [0.1, 0.15) is 13.3 Å². The lowest BCUT2D eigenvalue weighted by Gasteiger charge is -2.14. The molecule has 0 amide bonds. The first-order valence-corrected chi connectivity index (χ1v) is 4.25. The summed E-state index contributed by atoms with van der Waals surface area (Å²) in [5.74, 6) is -0.810. The number of carbonyl (C=O) groups excluding carboxylic acids is 2. The number of carbonyl (C=O) groups is 2. The lowest BCUT2D eigenvalue weighted by atomic mass is 10.4. The highest BCUT2D eigenvalue weighted by Gasteiger charge is 2.02. The van der Waals surface area contributed by atoms with Gasteiger partial charge in [0.05, 0.1) is 6.61 Å². The van der Waals surface area contributed by atoms with Crippen LogP contribution in [0.2, 0.25) is 0 Å². The number of hydroxylamine groups is 2. The van der Waals surface area contributed by atoms with E-state index >= 15 is 0 Å². The molecule has 0 rings (SSSR count). The number of hydrogen-bond donors (Lipinski definition) is 0. The van der Waals surface area contributed by atoms with Gasteiger partial charge in [-0.1, -0.05) is 6.58 Å². The van der Waals surface area contributed by atoms with E-state index in [1.807, 2.05) is 0 Å². The average molecular weight is 201 g/mol. The Labute approximate surface area is 83.2 Å². The van der Waals surface area contributed by atoms with E-state index in [9.17, 15) is 9.59 Å². The first-order chi connectivity index (χ1) is 6.56. The number of esters is 1. The van der Waals surface area contributed by atoms with E-state index in [-0.39, 0.29) is 12.6 Å². The molecule has 0 fully saturated rings. The molecule has 5 nitrogen and oxygen atoms in total. The van der Waals surface area contributed by atoms with E-state index in [2.05, 4.69) is 6.58 Å². The van der Waals surface area contributed by atoms with Crippen LogP contribution in [0.15, 0.2) is 12.7 Å². The highest BCUT2D eigenvalue weighted by Crippen LogP contribution is 1.91. The molecule has 80 valence electrons. The fourth-order valence-corrected chi connectivity index (χ4v) is 0.784. The summed E-state index contributed by atoms with van der Waals surface area (Å²) in [6.07, 6.45) is 1.71. The standard InChI is InChI=1S/C9H15NO4/c1-4-9(12)13-7-5-6-10(3)14-8(2)11/h4H,1,5-7H2,2-3H3. The van der Waals surface area contributed by atoms with Gasteiger partial charge in [0.1, 0.15) is 0 Å². The second-order valence-corrected chi connectivity index (χ2v) is 2.66. The van der Waals surface area contributed by atoms with Gasteiger partial charge in [-0.25, -0.2) is 4.79 Å². The molecule has 0 saturated heterocycles. The highest BCUT2D eigenvalue weighted by atomic mass is 16.7. The third-order valence-electron chi connectivity index (χ3n) is 1.31. The Morgan fingerprint density at radius 2 is 2.14 bits per heavy atom. The molecular formula is C9H15NO4. The third kappa shape index (κ3) is 7.30. The SMILES string of the molecule is C=CC(=O)OCCCN(C)OC(C)=O. The average Bonchev–Trinajstić information content (AvgIpc) is 2.10. The zero-order chi connectivity index (χ0) is 11.0. The van der Waals surface area contributed by atoms with Crippen LogP contribution < -0.4 is 0 Å². The van der Waals surface area contributed by atoms with Crippen molar-refractivity contribution in [1.82, 2.24) is 5.06 Å². The molecule has 14 heavy (non-hydrogen) atoms. The summed E-state index contributed by atoms with van der Waals surface area (Å²) in [5, 5.41) is 1.39. The van der Waals surface area contributed by atoms with Gasteiger partial charge in [-0.15, -0.1) is 5.06 Å². The zero-order valence-electron chi connectivity index (χ0n) is 8.49. The smallest absolute Gasteiger partial charge is 0.330 e. The Morgan fingerprint density at radius 1 is 1.50 bits per heavy atom. The maximum absolute atomic E-state index is 10.6. The van der Waals surface area contributed by atoms with Crippen molar-refractivity contribution in [3.8, 4) is 0 Å². The zero-order valence-corrected chi connectivity index (χ0v) is 8.49. The van der Waals surface area contributed by atoms with Crippen molar-refractivity contribution in [2.45, 2.75) is 13.3 Å². The predicted molar refractivity (Wildman–Crippen MR) is 50.2 cm³/mol. The summed E-state index contributed by atoms with van der Waals surface area (Å²) >= 11 is 0. The molecule has 0 atom stereocenters. The van der Waals surface area contributed by atoms with E-state index < -0.39 is 5.97 Å². The summed E-state index contributed by atoms with van der Waals surface area (Å²) in [7, 11) is 1.64. The summed E-state index contributed by atoms with van der Waals surface area (Å²) in [6.45, 7) is 5.39. The first kappa shape index (κ1) is 12.6. The molecule has 0 aromatic heterocycles. The number of ether oxygens (including phenoxy) is 1. The molecule has 0 aliphatic carbocycles. The van der Waals surface area contributed by atoms with Crippen molar-refractivity contribution >= 4 is 11.9 Å². The van der Waals surface area contributed by atoms with Crippen LogP contribution in [0.5, 0.6) is 0 Å². The molecule has 0 N–H and O–H groups in total. The minimum absolute atomic E-state index is 0.288. The Kier molecular flexibility index (Phi) is 6.39. The van der Waals surface area contributed by atoms with E-state index in [1.165, 1.54) is 12.0 Å². The Hall–Kier alpha value is -1.36. The van der Waals surface area contributed by atoms with Gasteiger partial charge in [0.25, 0.3) is 0 Å². The summed E-state index contributed by atoms with van der Waals surface area (Å²) in [6, 6.07) is 0. The van der Waals surface area contributed by atoms with Gasteiger partial charge in [-0.2, -0.15) is 0 Å². The molecule has 0 spiro atoms. The Bertz CT molecular complexity index is 215. The highest BCUT2D eigenvalue weighted by molar-refractivity contribution is 5.81. The van der Waals surface area contributed by atoms with Gasteiger partial charge in [0.2, 0.25) is 0 Å². The van der Waals surface area contributed by atoms with Crippen LogP contribution in [0.3, 0.4) is 0 Å². The van der Waals surface area contributed by atoms with E-state index in [0.29, 0.717) is 13.0 Å². The molecular weight excluding hydrogens is 186 g/mol. The largest absolute Gasteiger partial charge is 0.462 e. The molecule has 0 heterocycles. The van der Waals surface area contributed by atoms with Crippen LogP contribution in [0.4, 0.5) is 0 Å². The van der Waals surface area contributed by atoms with Crippen molar-refractivity contribution in [3.05, 3.63) is 12.7 Å². The Balaban J connectivity index is 3.40. The molecule has 0 aliphatic heterocycles. The molecule has 0 radical (unpaired) electrons. The fourth-order valence-electron chi connectivity index (χ4n) is 0.784. The Morgan fingerprint density at radius 3 is 2.64 bits per heavy atom. The summed E-state index contributed by atoms with van der Waals surface area (Å²) in [4.78, 5) is 25.8. The molecule has 0 bridgehead atoms. The topological polar surface area (TPSA) is 55.8 Å². The predicted octanol–water partition coefficient (Wildman–Crippen LogP) is 0.516. The van der Waals surface area contributed by atoms with Gasteiger partial charge < -0.3 is 9.57 Å². The van der Waals surface area contributed by atoms with Crippen molar-refractivity contribution in [1.29, 1.82) is 0 Å². The third-order valence-corrected chi connectivity index (χ3v) is 1.31. The molecule has 0 aliphatic rings. The minimum atomic E-state index is -0.444. The van der Waals surface area contributed by atoms with Gasteiger partial charge in [0.15, 0.2) is 0 Å². The lowest BCUT2D eigenvalue weighted by molar-refractivity contribution is -0.182. The van der Waals surface area contributed by atoms with Gasteiger partial charge >= 0.3 is 11.9 Å². The summed E-state index contributed by atoms with van der Waals surface area (Å²) in [5.41, 5.74) is 0. The molecule has 0 aromatic rings. The van der Waals surface area contributed by atoms with E-state index in [1.54, 1.807) is 7.05 Å². The second kappa shape index (κ2) is 7.08. The van der Waals surface area contributed by atoms with Crippen molar-refractivity contribution < 1.29 is 19.2 Å². The lowest BCUT2D eigenvalue weighted by Crippen LogP contribution is -2.23. The van der Waals surface area contributed by atoms with Crippen LogP contribution in [-0.4, -0.2) is 37.2 Å². The first-order valence-electron chi connectivity index (χ1n) is 4.25. The van der Waals surface area contributed by atoms with Crippen LogP contribution >= 0.6 is 0 Å². The molecule has 5 heteroatoms. The fraction of sp³-hybridized carbons (Fsp3) is 0.556. The quantitative estimate of drug-likeness (QED) is 0.271. The normalized spacial score (nSPS) is 9.64. The monoisotopic (exact) mass is 201 g/mol. The maximum Gasteiger partial charge on any atom is 0.330 e. The maximum atomic E-state index is 10.6.